The Balaban J connectivity index is 1.38. The third-order valence-corrected chi connectivity index (χ3v) is 7.40. The highest BCUT2D eigenvalue weighted by atomic mass is 32.2. The molecule has 1 spiro atoms. The van der Waals surface area contributed by atoms with Gasteiger partial charge >= 0.3 is 0 Å². The molecule has 0 saturated heterocycles. The maximum atomic E-state index is 13.1. The van der Waals surface area contributed by atoms with Crippen LogP contribution in [0.1, 0.15) is 45.1 Å². The molecule has 0 radical (unpaired) electrons. The Hall–Kier alpha value is -3.07. The summed E-state index contributed by atoms with van der Waals surface area (Å²) in [5.74, 6) is 0.436. The van der Waals surface area contributed by atoms with Crippen LogP contribution in [0, 0.1) is 5.92 Å². The minimum atomic E-state index is -3.67. The largest absolute Gasteiger partial charge is 0.448 e. The van der Waals surface area contributed by atoms with Crippen molar-refractivity contribution in [2.75, 3.05) is 5.32 Å². The van der Waals surface area contributed by atoms with Crippen LogP contribution in [-0.4, -0.2) is 32.0 Å². The van der Waals surface area contributed by atoms with Crippen molar-refractivity contribution in [3.63, 3.8) is 0 Å². The number of nitrogens with one attached hydrogen (secondary N) is 2. The molecule has 1 aliphatic carbocycles. The predicted molar refractivity (Wildman–Crippen MR) is 119 cm³/mol. The molecular weight excluding hydrogens is 430 g/mol. The van der Waals surface area contributed by atoms with Gasteiger partial charge in [0.15, 0.2) is 11.5 Å². The molecule has 2 aromatic rings. The number of benzene rings is 2. The van der Waals surface area contributed by atoms with Gasteiger partial charge in [-0.3, -0.25) is 14.5 Å². The molecule has 2 aliphatic heterocycles. The molecule has 1 atom stereocenters. The highest BCUT2D eigenvalue weighted by Crippen LogP contribution is 2.47. The third-order valence-electron chi connectivity index (χ3n) is 6.00. The molecule has 5 rings (SSSR count). The molecule has 1 fully saturated rings. The van der Waals surface area contributed by atoms with Crippen LogP contribution in [0.5, 0.6) is 11.5 Å². The number of carbonyl (C=O) groups is 1. The number of ether oxygens (including phenoxy) is 2. The van der Waals surface area contributed by atoms with E-state index in [1.807, 2.05) is 13.8 Å². The molecule has 0 unspecified atom stereocenters. The average Bonchev–Trinajstić information content (AvgIpc) is 3.42. The van der Waals surface area contributed by atoms with E-state index in [2.05, 4.69) is 15.0 Å². The van der Waals surface area contributed by atoms with Gasteiger partial charge in [-0.2, -0.15) is 0 Å². The molecule has 168 valence electrons. The molecule has 0 bridgehead atoms. The lowest BCUT2D eigenvalue weighted by Crippen LogP contribution is -2.34. The lowest BCUT2D eigenvalue weighted by atomic mass is 10.0. The SMILES string of the molecule is CC(C)[C@@H](N=C1NS(=O)(=O)c2ccccc21)C(=O)Nc1ccc2c(c1)OC1(CCCC1)O2. The van der Waals surface area contributed by atoms with Crippen molar-refractivity contribution in [3.05, 3.63) is 48.0 Å². The summed E-state index contributed by atoms with van der Waals surface area (Å²) in [6, 6.07) is 11.1. The Bertz CT molecular complexity index is 1220. The van der Waals surface area contributed by atoms with Crippen molar-refractivity contribution >= 4 is 27.5 Å². The zero-order valence-corrected chi connectivity index (χ0v) is 18.7. The molecular formula is C23H25N3O5S. The van der Waals surface area contributed by atoms with Gasteiger partial charge < -0.3 is 14.8 Å². The molecule has 0 aromatic heterocycles. The number of carbonyl (C=O) groups excluding carboxylic acids is 1. The number of rotatable bonds is 4. The number of anilines is 1. The second kappa shape index (κ2) is 7.51. The van der Waals surface area contributed by atoms with Crippen LogP contribution in [-0.2, 0) is 14.8 Å². The van der Waals surface area contributed by atoms with E-state index in [4.69, 9.17) is 9.47 Å². The van der Waals surface area contributed by atoms with Gasteiger partial charge in [0.1, 0.15) is 11.9 Å². The number of amidine groups is 1. The Labute approximate surface area is 187 Å². The van der Waals surface area contributed by atoms with Gasteiger partial charge in [-0.1, -0.05) is 26.0 Å². The van der Waals surface area contributed by atoms with E-state index < -0.39 is 21.9 Å². The molecule has 2 aromatic carbocycles. The second-order valence-corrected chi connectivity index (χ2v) is 10.4. The Kier molecular flexibility index (Phi) is 4.88. The smallest absolute Gasteiger partial charge is 0.263 e. The fourth-order valence-electron chi connectivity index (χ4n) is 4.38. The lowest BCUT2D eigenvalue weighted by molar-refractivity contribution is -0.118. The van der Waals surface area contributed by atoms with E-state index in [-0.39, 0.29) is 22.6 Å². The van der Waals surface area contributed by atoms with E-state index in [1.54, 1.807) is 36.4 Å². The predicted octanol–water partition coefficient (Wildman–Crippen LogP) is 3.43. The first kappa shape index (κ1) is 20.8. The number of aliphatic imine (C=N–C) groups is 1. The maximum absolute atomic E-state index is 13.1. The van der Waals surface area contributed by atoms with Crippen molar-refractivity contribution in [1.29, 1.82) is 0 Å². The van der Waals surface area contributed by atoms with Crippen molar-refractivity contribution in [2.45, 2.75) is 56.3 Å². The average molecular weight is 456 g/mol. The molecule has 3 aliphatic rings. The van der Waals surface area contributed by atoms with Crippen molar-refractivity contribution in [3.8, 4) is 11.5 Å². The molecule has 9 heteroatoms. The van der Waals surface area contributed by atoms with Gasteiger partial charge in [0.25, 0.3) is 15.8 Å². The minimum Gasteiger partial charge on any atom is -0.448 e. The number of hydrogen-bond acceptors (Lipinski definition) is 6. The van der Waals surface area contributed by atoms with Crippen LogP contribution in [0.3, 0.4) is 0 Å². The number of amides is 1. The molecule has 2 heterocycles. The van der Waals surface area contributed by atoms with Gasteiger partial charge in [-0.15, -0.1) is 0 Å². The summed E-state index contributed by atoms with van der Waals surface area (Å²) in [6.45, 7) is 3.74. The summed E-state index contributed by atoms with van der Waals surface area (Å²) in [6.07, 6.45) is 3.85. The van der Waals surface area contributed by atoms with Crippen molar-refractivity contribution in [1.82, 2.24) is 4.72 Å². The molecule has 8 nitrogen and oxygen atoms in total. The normalized spacial score (nSPS) is 21.5. The van der Waals surface area contributed by atoms with Gasteiger partial charge in [0.05, 0.1) is 4.90 Å². The summed E-state index contributed by atoms with van der Waals surface area (Å²) < 4.78 is 39.3. The minimum absolute atomic E-state index is 0.157. The van der Waals surface area contributed by atoms with E-state index in [9.17, 15) is 13.2 Å². The number of hydrogen-bond donors (Lipinski definition) is 2. The van der Waals surface area contributed by atoms with Crippen LogP contribution >= 0.6 is 0 Å². The number of sulfonamides is 1. The second-order valence-electron chi connectivity index (χ2n) is 8.74. The zero-order valence-electron chi connectivity index (χ0n) is 17.9. The summed E-state index contributed by atoms with van der Waals surface area (Å²) in [5.41, 5.74) is 1.04. The van der Waals surface area contributed by atoms with Gasteiger partial charge in [0, 0.05) is 30.2 Å². The quantitative estimate of drug-likeness (QED) is 0.735. The number of nitrogens with zero attached hydrogens (tertiary/aromatic N) is 1. The topological polar surface area (TPSA) is 106 Å². The highest BCUT2D eigenvalue weighted by molar-refractivity contribution is 7.90. The Morgan fingerprint density at radius 2 is 1.81 bits per heavy atom. The Morgan fingerprint density at radius 3 is 2.56 bits per heavy atom. The van der Waals surface area contributed by atoms with E-state index in [1.165, 1.54) is 6.07 Å². The van der Waals surface area contributed by atoms with E-state index in [0.717, 1.165) is 25.7 Å². The first-order chi connectivity index (χ1) is 15.3. The first-order valence-electron chi connectivity index (χ1n) is 10.8. The highest BCUT2D eigenvalue weighted by Gasteiger charge is 2.44. The fourth-order valence-corrected chi connectivity index (χ4v) is 5.62. The van der Waals surface area contributed by atoms with Gasteiger partial charge in [-0.05, 0) is 43.0 Å². The van der Waals surface area contributed by atoms with Crippen LogP contribution in [0.15, 0.2) is 52.4 Å². The molecule has 2 N–H and O–H groups in total. The van der Waals surface area contributed by atoms with Gasteiger partial charge in [-0.25, -0.2) is 8.42 Å². The van der Waals surface area contributed by atoms with Gasteiger partial charge in [0.2, 0.25) is 5.91 Å². The monoisotopic (exact) mass is 455 g/mol. The summed E-state index contributed by atoms with van der Waals surface area (Å²) >= 11 is 0. The van der Waals surface area contributed by atoms with Crippen LogP contribution in [0.2, 0.25) is 0 Å². The van der Waals surface area contributed by atoms with Crippen molar-refractivity contribution in [2.24, 2.45) is 10.9 Å². The standard InChI is InChI=1S/C23H25N3O5S/c1-14(2)20(25-21-16-7-3-4-8-19(16)32(28,29)26-21)22(27)24-15-9-10-17-18(13-15)31-23(30-17)11-5-6-12-23/h3-4,7-10,13-14,20H,5-6,11-12H2,1-2H3,(H,24,27)(H,25,26)/t20-/m1/s1. The number of fused-ring (bicyclic) bond motifs is 2. The van der Waals surface area contributed by atoms with Crippen LogP contribution < -0.4 is 19.5 Å². The zero-order chi connectivity index (χ0) is 22.5. The maximum Gasteiger partial charge on any atom is 0.263 e. The van der Waals surface area contributed by atoms with Crippen LogP contribution in [0.4, 0.5) is 5.69 Å². The van der Waals surface area contributed by atoms with E-state index in [0.29, 0.717) is 22.7 Å². The Morgan fingerprint density at radius 1 is 1.09 bits per heavy atom. The van der Waals surface area contributed by atoms with E-state index >= 15 is 0 Å². The molecule has 1 saturated carbocycles. The van der Waals surface area contributed by atoms with Crippen molar-refractivity contribution < 1.29 is 22.7 Å². The fraction of sp³-hybridized carbons (Fsp3) is 0.391. The summed E-state index contributed by atoms with van der Waals surface area (Å²) in [4.78, 5) is 17.8. The summed E-state index contributed by atoms with van der Waals surface area (Å²) in [5, 5.41) is 2.89. The lowest BCUT2D eigenvalue weighted by Gasteiger charge is -2.21. The van der Waals surface area contributed by atoms with Crippen LogP contribution in [0.25, 0.3) is 0 Å². The first-order valence-corrected chi connectivity index (χ1v) is 12.3. The molecule has 32 heavy (non-hydrogen) atoms. The summed E-state index contributed by atoms with van der Waals surface area (Å²) in [7, 11) is -3.67. The molecule has 1 amide bonds. The third kappa shape index (κ3) is 3.60.